The Morgan fingerprint density at radius 2 is 1.84 bits per heavy atom. The molecule has 1 fully saturated rings. The van der Waals surface area contributed by atoms with Crippen molar-refractivity contribution in [1.29, 1.82) is 0 Å². The molecule has 0 bridgehead atoms. The minimum absolute atomic E-state index is 0.100. The smallest absolute Gasteiger partial charge is 0.152 e. The lowest BCUT2D eigenvalue weighted by atomic mass is 9.89. The minimum Gasteiger partial charge on any atom is -0.324 e. The Labute approximate surface area is 113 Å². The third kappa shape index (κ3) is 2.51. The largest absolute Gasteiger partial charge is 0.324 e. The first-order valence-corrected chi connectivity index (χ1v) is 8.26. The Morgan fingerprint density at radius 3 is 2.58 bits per heavy atom. The summed E-state index contributed by atoms with van der Waals surface area (Å²) in [4.78, 5) is 0. The average molecular weight is 275 g/mol. The van der Waals surface area contributed by atoms with Gasteiger partial charge in [0.05, 0.1) is 11.5 Å². The van der Waals surface area contributed by atoms with E-state index in [1.807, 2.05) is 24.3 Å². The number of benzene rings is 2. The third-order valence-corrected chi connectivity index (χ3v) is 5.68. The van der Waals surface area contributed by atoms with Crippen LogP contribution in [0.4, 0.5) is 0 Å². The lowest BCUT2D eigenvalue weighted by Gasteiger charge is -2.22. The van der Waals surface area contributed by atoms with Crippen molar-refractivity contribution < 1.29 is 8.42 Å². The average Bonchev–Trinajstić information content (AvgIpc) is 2.64. The van der Waals surface area contributed by atoms with Crippen LogP contribution in [0.3, 0.4) is 0 Å². The van der Waals surface area contributed by atoms with Crippen LogP contribution in [0.1, 0.15) is 12.0 Å². The van der Waals surface area contributed by atoms with Crippen LogP contribution in [0.25, 0.3) is 10.8 Å². The van der Waals surface area contributed by atoms with Crippen molar-refractivity contribution in [2.45, 2.75) is 18.4 Å². The molecule has 2 N–H and O–H groups in total. The molecule has 0 spiro atoms. The molecule has 2 aromatic rings. The minimum atomic E-state index is -2.95. The van der Waals surface area contributed by atoms with Crippen LogP contribution < -0.4 is 5.73 Å². The number of rotatable bonds is 2. The second-order valence-corrected chi connectivity index (χ2v) is 7.70. The van der Waals surface area contributed by atoms with Crippen molar-refractivity contribution in [2.24, 2.45) is 5.73 Å². The van der Waals surface area contributed by atoms with Gasteiger partial charge in [0.1, 0.15) is 0 Å². The topological polar surface area (TPSA) is 60.2 Å². The first kappa shape index (κ1) is 12.6. The molecule has 4 heteroatoms. The molecule has 1 unspecified atom stereocenters. The maximum Gasteiger partial charge on any atom is 0.152 e. The van der Waals surface area contributed by atoms with Gasteiger partial charge in [0.2, 0.25) is 0 Å². The molecule has 2 aromatic carbocycles. The highest BCUT2D eigenvalue weighted by atomic mass is 32.2. The Bertz CT molecular complexity index is 719. The second kappa shape index (κ2) is 4.32. The van der Waals surface area contributed by atoms with E-state index in [4.69, 9.17) is 5.73 Å². The highest BCUT2D eigenvalue weighted by Gasteiger charge is 2.39. The quantitative estimate of drug-likeness (QED) is 0.910. The fourth-order valence-electron chi connectivity index (χ4n) is 2.91. The van der Waals surface area contributed by atoms with Crippen molar-refractivity contribution in [3.8, 4) is 0 Å². The van der Waals surface area contributed by atoms with E-state index >= 15 is 0 Å². The van der Waals surface area contributed by atoms with Gasteiger partial charge in [-0.25, -0.2) is 8.42 Å². The molecule has 1 aliphatic heterocycles. The fraction of sp³-hybridized carbons (Fsp3) is 0.333. The van der Waals surface area contributed by atoms with E-state index in [0.717, 1.165) is 5.56 Å². The Hall–Kier alpha value is -1.39. The van der Waals surface area contributed by atoms with E-state index in [2.05, 4.69) is 18.2 Å². The van der Waals surface area contributed by atoms with E-state index in [9.17, 15) is 8.42 Å². The molecular formula is C15H17NO2S. The van der Waals surface area contributed by atoms with Crippen LogP contribution in [-0.2, 0) is 16.3 Å². The van der Waals surface area contributed by atoms with Gasteiger partial charge in [-0.05, 0) is 29.2 Å². The summed E-state index contributed by atoms with van der Waals surface area (Å²) in [6.07, 6.45) is 1.17. The molecule has 0 saturated carbocycles. The maximum atomic E-state index is 11.6. The van der Waals surface area contributed by atoms with Gasteiger partial charge >= 0.3 is 0 Å². The van der Waals surface area contributed by atoms with Gasteiger partial charge in [-0.3, -0.25) is 0 Å². The van der Waals surface area contributed by atoms with Gasteiger partial charge in [0.15, 0.2) is 9.84 Å². The van der Waals surface area contributed by atoms with E-state index in [-0.39, 0.29) is 11.5 Å². The summed E-state index contributed by atoms with van der Waals surface area (Å²) in [5, 5.41) is 2.34. The predicted molar refractivity (Wildman–Crippen MR) is 77.8 cm³/mol. The zero-order valence-corrected chi connectivity index (χ0v) is 11.5. The summed E-state index contributed by atoms with van der Waals surface area (Å²) in [6, 6.07) is 14.2. The van der Waals surface area contributed by atoms with Gasteiger partial charge in [-0.1, -0.05) is 42.5 Å². The van der Waals surface area contributed by atoms with Crippen LogP contribution >= 0.6 is 0 Å². The third-order valence-electron chi connectivity index (χ3n) is 3.84. The van der Waals surface area contributed by atoms with Crippen molar-refractivity contribution in [3.05, 3.63) is 48.0 Å². The molecule has 3 rings (SSSR count). The number of hydrogen-bond acceptors (Lipinski definition) is 3. The molecule has 3 nitrogen and oxygen atoms in total. The van der Waals surface area contributed by atoms with Gasteiger partial charge in [0.25, 0.3) is 0 Å². The maximum absolute atomic E-state index is 11.6. The predicted octanol–water partition coefficient (Wildman–Crippen LogP) is 1.90. The molecule has 1 atom stereocenters. The van der Waals surface area contributed by atoms with E-state index < -0.39 is 15.4 Å². The molecule has 100 valence electrons. The number of nitrogens with two attached hydrogens (primary N) is 1. The van der Waals surface area contributed by atoms with Crippen molar-refractivity contribution in [2.75, 3.05) is 11.5 Å². The van der Waals surface area contributed by atoms with Gasteiger partial charge in [-0.2, -0.15) is 0 Å². The SMILES string of the molecule is NC1(Cc2cccc3ccccc23)CCS(=O)(=O)C1. The normalized spacial score (nSPS) is 25.7. The number of hydrogen-bond donors (Lipinski definition) is 1. The van der Waals surface area contributed by atoms with Crippen LogP contribution in [0.5, 0.6) is 0 Å². The monoisotopic (exact) mass is 275 g/mol. The molecule has 1 saturated heterocycles. The Balaban J connectivity index is 1.98. The van der Waals surface area contributed by atoms with Gasteiger partial charge < -0.3 is 5.73 Å². The molecule has 0 aromatic heterocycles. The summed E-state index contributed by atoms with van der Waals surface area (Å²) < 4.78 is 23.2. The molecule has 19 heavy (non-hydrogen) atoms. The van der Waals surface area contributed by atoms with Crippen LogP contribution in [0.15, 0.2) is 42.5 Å². The summed E-state index contributed by atoms with van der Waals surface area (Å²) in [5.41, 5.74) is 6.81. The Kier molecular flexibility index (Phi) is 2.87. The van der Waals surface area contributed by atoms with E-state index in [1.54, 1.807) is 0 Å². The zero-order chi connectivity index (χ0) is 13.5. The van der Waals surface area contributed by atoms with E-state index in [0.29, 0.717) is 12.8 Å². The lowest BCUT2D eigenvalue weighted by Crippen LogP contribution is -2.43. The molecule has 1 aliphatic rings. The van der Waals surface area contributed by atoms with E-state index in [1.165, 1.54) is 10.8 Å². The molecular weight excluding hydrogens is 258 g/mol. The molecule has 0 aliphatic carbocycles. The Morgan fingerprint density at radius 1 is 1.11 bits per heavy atom. The van der Waals surface area contributed by atoms with Crippen LogP contribution in [0.2, 0.25) is 0 Å². The lowest BCUT2D eigenvalue weighted by molar-refractivity contribution is 0.478. The van der Waals surface area contributed by atoms with Crippen molar-refractivity contribution >= 4 is 20.6 Å². The molecule has 0 radical (unpaired) electrons. The highest BCUT2D eigenvalue weighted by molar-refractivity contribution is 7.91. The molecule has 0 amide bonds. The highest BCUT2D eigenvalue weighted by Crippen LogP contribution is 2.28. The van der Waals surface area contributed by atoms with Crippen molar-refractivity contribution in [1.82, 2.24) is 0 Å². The standard InChI is InChI=1S/C15H17NO2S/c16-15(8-9-19(17,18)11-15)10-13-6-3-5-12-4-1-2-7-14(12)13/h1-7H,8-11,16H2. The van der Waals surface area contributed by atoms with Crippen molar-refractivity contribution in [3.63, 3.8) is 0 Å². The number of sulfone groups is 1. The first-order valence-electron chi connectivity index (χ1n) is 6.43. The zero-order valence-electron chi connectivity index (χ0n) is 10.7. The number of fused-ring (bicyclic) bond motifs is 1. The van der Waals surface area contributed by atoms with Gasteiger partial charge in [0, 0.05) is 5.54 Å². The summed E-state index contributed by atoms with van der Waals surface area (Å²) in [7, 11) is -2.95. The second-order valence-electron chi connectivity index (χ2n) is 5.52. The van der Waals surface area contributed by atoms with Crippen LogP contribution in [-0.4, -0.2) is 25.5 Å². The fourth-order valence-corrected chi connectivity index (χ4v) is 4.89. The van der Waals surface area contributed by atoms with Crippen LogP contribution in [0, 0.1) is 0 Å². The van der Waals surface area contributed by atoms with Gasteiger partial charge in [-0.15, -0.1) is 0 Å². The molecule has 1 heterocycles. The first-order chi connectivity index (χ1) is 8.98. The summed E-state index contributed by atoms with van der Waals surface area (Å²) >= 11 is 0. The summed E-state index contributed by atoms with van der Waals surface area (Å²) in [5.74, 6) is 0.317. The summed E-state index contributed by atoms with van der Waals surface area (Å²) in [6.45, 7) is 0.